The highest BCUT2D eigenvalue weighted by molar-refractivity contribution is 7.80. The van der Waals surface area contributed by atoms with Gasteiger partial charge in [-0.25, -0.2) is 0 Å². The number of nitrogens with one attached hydrogen (secondary N) is 3. The minimum Gasteiger partial charge on any atom is -0.486 e. The van der Waals surface area contributed by atoms with Crippen LogP contribution in [0.3, 0.4) is 0 Å². The number of rotatable bonds is 3. The van der Waals surface area contributed by atoms with Crippen molar-refractivity contribution in [3.05, 3.63) is 29.8 Å². The average Bonchev–Trinajstić information content (AvgIpc) is 2.68. The summed E-state index contributed by atoms with van der Waals surface area (Å²) >= 11 is 5.30. The Morgan fingerprint density at radius 2 is 1.93 bits per heavy atom. The number of ether oxygens (including phenoxy) is 2. The van der Waals surface area contributed by atoms with Crippen LogP contribution in [-0.4, -0.2) is 30.3 Å². The van der Waals surface area contributed by atoms with E-state index in [-0.39, 0.29) is 5.91 Å². The molecule has 1 amide bonds. The van der Waals surface area contributed by atoms with Crippen molar-refractivity contribution >= 4 is 29.3 Å². The molecule has 1 aliphatic heterocycles. The number of benzene rings is 1. The third-order valence-electron chi connectivity index (χ3n) is 5.32. The molecule has 3 rings (SSSR count). The average molecular weight is 390 g/mol. The van der Waals surface area contributed by atoms with Crippen LogP contribution in [0.4, 0.5) is 0 Å². The highest BCUT2D eigenvalue weighted by Gasteiger charge is 2.27. The summed E-state index contributed by atoms with van der Waals surface area (Å²) in [5.41, 5.74) is 6.23. The van der Waals surface area contributed by atoms with Crippen LogP contribution in [-0.2, 0) is 4.79 Å². The van der Waals surface area contributed by atoms with Gasteiger partial charge >= 0.3 is 0 Å². The molecule has 0 bridgehead atoms. The third kappa shape index (κ3) is 5.35. The maximum absolute atomic E-state index is 12.0. The number of carbonyl (C=O) groups excluding carboxylic acids is 1. The fourth-order valence-corrected chi connectivity index (χ4v) is 3.69. The largest absolute Gasteiger partial charge is 0.486 e. The van der Waals surface area contributed by atoms with E-state index in [9.17, 15) is 4.79 Å². The number of thiocarbonyl (C=S) groups is 1. The first-order valence-electron chi connectivity index (χ1n) is 9.47. The summed E-state index contributed by atoms with van der Waals surface area (Å²) in [4.78, 5) is 12.0. The minimum absolute atomic E-state index is 0.279. The SMILES string of the molecule is C[C@@H]1[C@H](C)CCC[C@H]1NC(=S)NNC(=O)/C=C/c1ccc2c(c1)OCCO2. The van der Waals surface area contributed by atoms with Crippen molar-refractivity contribution in [1.29, 1.82) is 0 Å². The molecule has 1 fully saturated rings. The highest BCUT2D eigenvalue weighted by Crippen LogP contribution is 2.31. The lowest BCUT2D eigenvalue weighted by molar-refractivity contribution is -0.116. The second-order valence-electron chi connectivity index (χ2n) is 7.20. The summed E-state index contributed by atoms with van der Waals surface area (Å²) in [6.45, 7) is 5.62. The molecule has 7 heteroatoms. The lowest BCUT2D eigenvalue weighted by Crippen LogP contribution is -2.52. The molecule has 1 aromatic carbocycles. The van der Waals surface area contributed by atoms with Crippen molar-refractivity contribution in [3.8, 4) is 11.5 Å². The van der Waals surface area contributed by atoms with Gasteiger partial charge in [0.1, 0.15) is 13.2 Å². The van der Waals surface area contributed by atoms with Crippen molar-refractivity contribution in [1.82, 2.24) is 16.2 Å². The second-order valence-corrected chi connectivity index (χ2v) is 7.61. The zero-order chi connectivity index (χ0) is 19.2. The van der Waals surface area contributed by atoms with Crippen molar-refractivity contribution in [2.45, 2.75) is 39.2 Å². The van der Waals surface area contributed by atoms with Gasteiger partial charge in [-0.2, -0.15) is 0 Å². The summed E-state index contributed by atoms with van der Waals surface area (Å²) < 4.78 is 11.0. The van der Waals surface area contributed by atoms with E-state index in [4.69, 9.17) is 21.7 Å². The van der Waals surface area contributed by atoms with Gasteiger partial charge in [0.2, 0.25) is 0 Å². The summed E-state index contributed by atoms with van der Waals surface area (Å²) in [6, 6.07) is 5.92. The van der Waals surface area contributed by atoms with Crippen LogP contribution in [0.5, 0.6) is 11.5 Å². The zero-order valence-corrected chi connectivity index (χ0v) is 16.6. The number of hydrogen-bond donors (Lipinski definition) is 3. The van der Waals surface area contributed by atoms with Crippen molar-refractivity contribution < 1.29 is 14.3 Å². The Labute approximate surface area is 165 Å². The molecule has 0 saturated heterocycles. The first-order valence-corrected chi connectivity index (χ1v) is 9.88. The van der Waals surface area contributed by atoms with Crippen molar-refractivity contribution in [2.75, 3.05) is 13.2 Å². The van der Waals surface area contributed by atoms with Crippen LogP contribution in [0.25, 0.3) is 6.08 Å². The van der Waals surface area contributed by atoms with E-state index in [2.05, 4.69) is 30.0 Å². The molecular formula is C20H27N3O3S. The number of fused-ring (bicyclic) bond motifs is 1. The van der Waals surface area contributed by atoms with Crippen LogP contribution in [0.1, 0.15) is 38.7 Å². The second kappa shape index (κ2) is 9.08. The molecule has 3 atom stereocenters. The van der Waals surface area contributed by atoms with Gasteiger partial charge in [0.05, 0.1) is 0 Å². The highest BCUT2D eigenvalue weighted by atomic mass is 32.1. The fraction of sp³-hybridized carbons (Fsp3) is 0.500. The van der Waals surface area contributed by atoms with Crippen molar-refractivity contribution in [2.24, 2.45) is 11.8 Å². The van der Waals surface area contributed by atoms with Gasteiger partial charge in [0, 0.05) is 12.1 Å². The van der Waals surface area contributed by atoms with Crippen LogP contribution < -0.4 is 25.6 Å². The molecule has 1 aromatic rings. The molecule has 2 aliphatic rings. The van der Waals surface area contributed by atoms with Crippen molar-refractivity contribution in [3.63, 3.8) is 0 Å². The predicted molar refractivity (Wildman–Crippen MR) is 109 cm³/mol. The molecule has 0 unspecified atom stereocenters. The topological polar surface area (TPSA) is 71.6 Å². The molecule has 1 aliphatic carbocycles. The van der Waals surface area contributed by atoms with Gasteiger partial charge in [-0.05, 0) is 54.2 Å². The molecule has 0 spiro atoms. The first-order chi connectivity index (χ1) is 13.0. The number of hydrogen-bond acceptors (Lipinski definition) is 4. The predicted octanol–water partition coefficient (Wildman–Crippen LogP) is 2.79. The Morgan fingerprint density at radius 3 is 2.74 bits per heavy atom. The maximum Gasteiger partial charge on any atom is 0.262 e. The van der Waals surface area contributed by atoms with Crippen LogP contribution in [0.15, 0.2) is 24.3 Å². The zero-order valence-electron chi connectivity index (χ0n) is 15.8. The molecule has 146 valence electrons. The number of amides is 1. The van der Waals surface area contributed by atoms with Gasteiger partial charge in [0.25, 0.3) is 5.91 Å². The lowest BCUT2D eigenvalue weighted by Gasteiger charge is -2.35. The Balaban J connectivity index is 1.45. The summed E-state index contributed by atoms with van der Waals surface area (Å²) in [5, 5.41) is 3.76. The first kappa shape index (κ1) is 19.5. The Bertz CT molecular complexity index is 722. The van der Waals surface area contributed by atoms with E-state index >= 15 is 0 Å². The van der Waals surface area contributed by atoms with Gasteiger partial charge in [-0.1, -0.05) is 32.8 Å². The van der Waals surface area contributed by atoms with E-state index in [1.165, 1.54) is 18.9 Å². The van der Waals surface area contributed by atoms with Crippen LogP contribution in [0.2, 0.25) is 0 Å². The normalized spacial score (nSPS) is 24.3. The van der Waals surface area contributed by atoms with Gasteiger partial charge in [0.15, 0.2) is 16.6 Å². The molecule has 27 heavy (non-hydrogen) atoms. The summed E-state index contributed by atoms with van der Waals surface area (Å²) in [5.74, 6) is 2.39. The summed E-state index contributed by atoms with van der Waals surface area (Å²) in [6.07, 6.45) is 6.74. The molecule has 3 N–H and O–H groups in total. The Morgan fingerprint density at radius 1 is 1.15 bits per heavy atom. The summed E-state index contributed by atoms with van der Waals surface area (Å²) in [7, 11) is 0. The Kier molecular flexibility index (Phi) is 6.55. The van der Waals surface area contributed by atoms with Gasteiger partial charge in [-0.15, -0.1) is 0 Å². The van der Waals surface area contributed by atoms with E-state index < -0.39 is 0 Å². The quantitative estimate of drug-likeness (QED) is 0.420. The van der Waals surface area contributed by atoms with E-state index in [0.29, 0.717) is 42.0 Å². The van der Waals surface area contributed by atoms with Gasteiger partial charge < -0.3 is 14.8 Å². The number of hydrazine groups is 1. The third-order valence-corrected chi connectivity index (χ3v) is 5.54. The van der Waals surface area contributed by atoms with Gasteiger partial charge in [-0.3, -0.25) is 15.6 Å². The monoisotopic (exact) mass is 389 g/mol. The minimum atomic E-state index is -0.279. The van der Waals surface area contributed by atoms with E-state index in [1.807, 2.05) is 18.2 Å². The smallest absolute Gasteiger partial charge is 0.262 e. The lowest BCUT2D eigenvalue weighted by atomic mass is 9.78. The molecule has 1 heterocycles. The molecule has 0 aromatic heterocycles. The Hall–Kier alpha value is -2.28. The molecular weight excluding hydrogens is 362 g/mol. The van der Waals surface area contributed by atoms with E-state index in [0.717, 1.165) is 17.7 Å². The fourth-order valence-electron chi connectivity index (χ4n) is 3.49. The standard InChI is InChI=1S/C20H27N3O3S/c1-13-4-3-5-16(14(13)2)21-20(27)23-22-19(24)9-7-15-6-8-17-18(12-15)26-11-10-25-17/h6-9,12-14,16H,3-5,10-11H2,1-2H3,(H,22,24)(H2,21,23,27)/b9-7+/t13-,14-,16-/m1/s1. The number of carbonyl (C=O) groups is 1. The van der Waals surface area contributed by atoms with E-state index in [1.54, 1.807) is 6.08 Å². The molecule has 6 nitrogen and oxygen atoms in total. The molecule has 1 saturated carbocycles. The van der Waals surface area contributed by atoms with Crippen LogP contribution >= 0.6 is 12.2 Å². The molecule has 0 radical (unpaired) electrons. The van der Waals surface area contributed by atoms with Crippen LogP contribution in [0, 0.1) is 11.8 Å². The maximum atomic E-state index is 12.0.